The lowest BCUT2D eigenvalue weighted by atomic mass is 9.90. The zero-order valence-electron chi connectivity index (χ0n) is 11.6. The zero-order valence-corrected chi connectivity index (χ0v) is 11.6. The summed E-state index contributed by atoms with van der Waals surface area (Å²) in [7, 11) is 0. The van der Waals surface area contributed by atoms with Gasteiger partial charge in [-0.2, -0.15) is 0 Å². The van der Waals surface area contributed by atoms with Gasteiger partial charge in [-0.15, -0.1) is 0 Å². The second kappa shape index (κ2) is 6.35. The van der Waals surface area contributed by atoms with Gasteiger partial charge in [0.1, 0.15) is 5.69 Å². The van der Waals surface area contributed by atoms with Crippen molar-refractivity contribution in [3.63, 3.8) is 0 Å². The summed E-state index contributed by atoms with van der Waals surface area (Å²) in [6.45, 7) is 2.67. The minimum Gasteiger partial charge on any atom is -0.338 e. The van der Waals surface area contributed by atoms with Crippen molar-refractivity contribution in [3.05, 3.63) is 24.0 Å². The van der Waals surface area contributed by atoms with Gasteiger partial charge < -0.3 is 15.2 Å². The van der Waals surface area contributed by atoms with Crippen LogP contribution in [0.15, 0.2) is 18.3 Å². The lowest BCUT2D eigenvalue weighted by Crippen LogP contribution is -2.51. The number of alkyl halides is 2. The van der Waals surface area contributed by atoms with E-state index in [9.17, 15) is 13.6 Å². The molecule has 1 aliphatic heterocycles. The van der Waals surface area contributed by atoms with Crippen LogP contribution in [0, 0.1) is 5.92 Å². The monoisotopic (exact) mass is 285 g/mol. The van der Waals surface area contributed by atoms with Gasteiger partial charge in [-0.25, -0.2) is 8.78 Å². The van der Waals surface area contributed by atoms with E-state index in [0.717, 1.165) is 12.8 Å². The first-order valence-corrected chi connectivity index (χ1v) is 6.99. The summed E-state index contributed by atoms with van der Waals surface area (Å²) in [4.78, 5) is 14.3. The first-order valence-electron chi connectivity index (χ1n) is 6.99. The Balaban J connectivity index is 2.19. The van der Waals surface area contributed by atoms with Gasteiger partial charge in [-0.05, 0) is 30.9 Å². The first kappa shape index (κ1) is 15.0. The molecule has 1 fully saturated rings. The first-order chi connectivity index (χ1) is 9.54. The average molecular weight is 285 g/mol. The van der Waals surface area contributed by atoms with Crippen LogP contribution in [-0.4, -0.2) is 40.9 Å². The molecule has 2 heterocycles. The molecule has 0 saturated carbocycles. The lowest BCUT2D eigenvalue weighted by Gasteiger charge is -2.39. The van der Waals surface area contributed by atoms with Crippen molar-refractivity contribution in [2.24, 2.45) is 11.7 Å². The molecule has 6 heteroatoms. The second-order valence-electron chi connectivity index (χ2n) is 5.36. The van der Waals surface area contributed by atoms with E-state index in [4.69, 9.17) is 5.73 Å². The smallest absolute Gasteiger partial charge is 0.270 e. The Labute approximate surface area is 117 Å². The SMILES string of the molecule is CC1CCCN(C(=O)c2cccn2CC(F)F)C1CN. The second-order valence-corrected chi connectivity index (χ2v) is 5.36. The molecular formula is C14H21F2N3O. The molecule has 1 aromatic heterocycles. The zero-order chi connectivity index (χ0) is 14.7. The standard InChI is InChI=1S/C14H21F2N3O/c1-10-4-2-7-19(12(10)8-17)14(20)11-5-3-6-18(11)9-13(15)16/h3,5-6,10,12-13H,2,4,7-9,17H2,1H3. The molecule has 2 rings (SSSR count). The molecule has 1 aromatic rings. The molecule has 0 aromatic carbocycles. The molecule has 0 bridgehead atoms. The predicted molar refractivity (Wildman–Crippen MR) is 72.7 cm³/mol. The Morgan fingerprint density at radius 1 is 1.55 bits per heavy atom. The Hall–Kier alpha value is -1.43. The van der Waals surface area contributed by atoms with Crippen LogP contribution in [-0.2, 0) is 6.54 Å². The maximum atomic E-state index is 12.6. The molecule has 0 radical (unpaired) electrons. The van der Waals surface area contributed by atoms with E-state index in [1.54, 1.807) is 17.0 Å². The molecule has 4 nitrogen and oxygen atoms in total. The van der Waals surface area contributed by atoms with Crippen LogP contribution in [0.4, 0.5) is 8.78 Å². The number of carbonyl (C=O) groups excluding carboxylic acids is 1. The van der Waals surface area contributed by atoms with Crippen LogP contribution in [0.25, 0.3) is 0 Å². The van der Waals surface area contributed by atoms with Crippen molar-refractivity contribution < 1.29 is 13.6 Å². The van der Waals surface area contributed by atoms with Crippen molar-refractivity contribution in [2.75, 3.05) is 13.1 Å². The summed E-state index contributed by atoms with van der Waals surface area (Å²) in [5.41, 5.74) is 6.09. The van der Waals surface area contributed by atoms with E-state index in [1.165, 1.54) is 10.8 Å². The summed E-state index contributed by atoms with van der Waals surface area (Å²) < 4.78 is 26.4. The highest BCUT2D eigenvalue weighted by molar-refractivity contribution is 5.93. The molecule has 2 unspecified atom stereocenters. The summed E-state index contributed by atoms with van der Waals surface area (Å²) in [6.07, 6.45) is 1.02. The quantitative estimate of drug-likeness (QED) is 0.919. The fourth-order valence-electron chi connectivity index (χ4n) is 2.92. The number of nitrogens with two attached hydrogens (primary N) is 1. The van der Waals surface area contributed by atoms with Crippen molar-refractivity contribution in [1.29, 1.82) is 0 Å². The maximum Gasteiger partial charge on any atom is 0.270 e. The Bertz CT molecular complexity index is 461. The largest absolute Gasteiger partial charge is 0.338 e. The summed E-state index contributed by atoms with van der Waals surface area (Å²) in [6, 6.07) is 3.21. The maximum absolute atomic E-state index is 12.6. The van der Waals surface area contributed by atoms with Gasteiger partial charge in [0.05, 0.1) is 6.54 Å². The molecule has 1 saturated heterocycles. The van der Waals surface area contributed by atoms with Gasteiger partial charge in [-0.1, -0.05) is 6.92 Å². The van der Waals surface area contributed by atoms with Gasteiger partial charge in [0, 0.05) is 25.3 Å². The number of carbonyl (C=O) groups is 1. The highest BCUT2D eigenvalue weighted by atomic mass is 19.3. The molecule has 20 heavy (non-hydrogen) atoms. The van der Waals surface area contributed by atoms with E-state index >= 15 is 0 Å². The summed E-state index contributed by atoms with van der Waals surface area (Å²) in [5.74, 6) is 0.147. The molecule has 0 aliphatic carbocycles. The molecular weight excluding hydrogens is 264 g/mol. The molecule has 1 amide bonds. The van der Waals surface area contributed by atoms with Gasteiger partial charge in [-0.3, -0.25) is 4.79 Å². The third-order valence-electron chi connectivity index (χ3n) is 4.00. The number of hydrogen-bond donors (Lipinski definition) is 1. The van der Waals surface area contributed by atoms with E-state index in [0.29, 0.717) is 24.7 Å². The van der Waals surface area contributed by atoms with Crippen LogP contribution in [0.1, 0.15) is 30.3 Å². The van der Waals surface area contributed by atoms with E-state index in [-0.39, 0.29) is 11.9 Å². The molecule has 2 N–H and O–H groups in total. The van der Waals surface area contributed by atoms with Crippen LogP contribution >= 0.6 is 0 Å². The number of piperidine rings is 1. The number of aromatic nitrogens is 1. The van der Waals surface area contributed by atoms with E-state index in [2.05, 4.69) is 6.92 Å². The van der Waals surface area contributed by atoms with Crippen molar-refractivity contribution in [3.8, 4) is 0 Å². The van der Waals surface area contributed by atoms with Gasteiger partial charge in [0.25, 0.3) is 12.3 Å². The Morgan fingerprint density at radius 3 is 2.95 bits per heavy atom. The third-order valence-corrected chi connectivity index (χ3v) is 4.00. The summed E-state index contributed by atoms with van der Waals surface area (Å²) >= 11 is 0. The van der Waals surface area contributed by atoms with Crippen LogP contribution in [0.3, 0.4) is 0 Å². The number of likely N-dealkylation sites (tertiary alicyclic amines) is 1. The van der Waals surface area contributed by atoms with E-state index in [1.807, 2.05) is 0 Å². The predicted octanol–water partition coefficient (Wildman–Crippen LogP) is 1.95. The fraction of sp³-hybridized carbons (Fsp3) is 0.643. The average Bonchev–Trinajstić information content (AvgIpc) is 2.84. The topological polar surface area (TPSA) is 51.3 Å². The minimum atomic E-state index is -2.47. The van der Waals surface area contributed by atoms with Crippen LogP contribution < -0.4 is 5.73 Å². The highest BCUT2D eigenvalue weighted by Gasteiger charge is 2.32. The van der Waals surface area contributed by atoms with Crippen molar-refractivity contribution >= 4 is 5.91 Å². The number of halogens is 2. The number of rotatable bonds is 4. The highest BCUT2D eigenvalue weighted by Crippen LogP contribution is 2.24. The number of amides is 1. The third kappa shape index (κ3) is 3.00. The molecule has 112 valence electrons. The van der Waals surface area contributed by atoms with Crippen LogP contribution in [0.2, 0.25) is 0 Å². The minimum absolute atomic E-state index is 0.00819. The normalized spacial score (nSPS) is 23.4. The fourth-order valence-corrected chi connectivity index (χ4v) is 2.92. The van der Waals surface area contributed by atoms with Crippen molar-refractivity contribution in [2.45, 2.75) is 38.8 Å². The Morgan fingerprint density at radius 2 is 2.30 bits per heavy atom. The van der Waals surface area contributed by atoms with Crippen molar-refractivity contribution in [1.82, 2.24) is 9.47 Å². The van der Waals surface area contributed by atoms with E-state index < -0.39 is 13.0 Å². The van der Waals surface area contributed by atoms with Gasteiger partial charge >= 0.3 is 0 Å². The molecule has 0 spiro atoms. The Kier molecular flexibility index (Phi) is 4.75. The molecule has 2 atom stereocenters. The van der Waals surface area contributed by atoms with Gasteiger partial charge in [0.15, 0.2) is 0 Å². The summed E-state index contributed by atoms with van der Waals surface area (Å²) in [5, 5.41) is 0. The number of hydrogen-bond acceptors (Lipinski definition) is 2. The lowest BCUT2D eigenvalue weighted by molar-refractivity contribution is 0.0515. The molecule has 1 aliphatic rings. The van der Waals surface area contributed by atoms with Gasteiger partial charge in [0.2, 0.25) is 0 Å². The number of nitrogens with zero attached hydrogens (tertiary/aromatic N) is 2. The van der Waals surface area contributed by atoms with Crippen LogP contribution in [0.5, 0.6) is 0 Å².